The van der Waals surface area contributed by atoms with Crippen LogP contribution in [0.1, 0.15) is 239 Å². The number of amides is 1. The van der Waals surface area contributed by atoms with Gasteiger partial charge < -0.3 is 20.6 Å². The molecule has 0 aliphatic rings. The molecule has 5 nitrogen and oxygen atoms in total. The Bertz CT molecular complexity index is 754. The lowest BCUT2D eigenvalue weighted by Gasteiger charge is -2.21. The van der Waals surface area contributed by atoms with Gasteiger partial charge in [0.05, 0.1) is 31.3 Å². The first-order valence-corrected chi connectivity index (χ1v) is 22.6. The standard InChI is InChI=1S/C46H89NO4/c1-3-5-7-9-11-13-15-17-19-20-21-22-23-24-25-26-28-30-32-34-36-38-40-45(50)44(42-48)47-46(51)41-43(49)39-37-35-33-31-29-27-18-16-14-12-10-8-6-4-2/h27,29,38,40,43-45,48-50H,3-26,28,30-37,39,41-42H2,1-2H3,(H,47,51)/b29-27-,40-38+. The molecule has 51 heavy (non-hydrogen) atoms. The van der Waals surface area contributed by atoms with E-state index in [0.29, 0.717) is 6.42 Å². The molecule has 0 aromatic carbocycles. The largest absolute Gasteiger partial charge is 0.394 e. The summed E-state index contributed by atoms with van der Waals surface area (Å²) in [5.74, 6) is -0.323. The van der Waals surface area contributed by atoms with Gasteiger partial charge in [-0.15, -0.1) is 0 Å². The van der Waals surface area contributed by atoms with Crippen molar-refractivity contribution in [3.05, 3.63) is 24.3 Å². The van der Waals surface area contributed by atoms with Crippen LogP contribution in [0, 0.1) is 0 Å². The number of aliphatic hydroxyl groups is 3. The molecule has 0 bridgehead atoms. The fourth-order valence-electron chi connectivity index (χ4n) is 6.98. The molecule has 0 spiro atoms. The van der Waals surface area contributed by atoms with Gasteiger partial charge in [0.1, 0.15) is 0 Å². The highest BCUT2D eigenvalue weighted by Crippen LogP contribution is 2.16. The van der Waals surface area contributed by atoms with Crippen molar-refractivity contribution in [2.45, 2.75) is 257 Å². The van der Waals surface area contributed by atoms with Gasteiger partial charge in [0.25, 0.3) is 0 Å². The summed E-state index contributed by atoms with van der Waals surface area (Å²) >= 11 is 0. The molecule has 1 amide bonds. The SMILES string of the molecule is CCCCCCCCC/C=C\CCCCCC(O)CC(=O)NC(CO)C(O)/C=C/CCCCCCCCCCCCCCCCCCCCCC. The number of carbonyl (C=O) groups is 1. The summed E-state index contributed by atoms with van der Waals surface area (Å²) in [5.41, 5.74) is 0. The van der Waals surface area contributed by atoms with E-state index in [0.717, 1.165) is 38.5 Å². The van der Waals surface area contributed by atoms with Crippen LogP contribution in [-0.4, -0.2) is 46.1 Å². The van der Waals surface area contributed by atoms with Crippen LogP contribution in [0.15, 0.2) is 24.3 Å². The molecular weight excluding hydrogens is 631 g/mol. The fraction of sp³-hybridized carbons (Fsp3) is 0.891. The normalized spacial score (nSPS) is 13.7. The first-order chi connectivity index (χ1) is 25.0. The van der Waals surface area contributed by atoms with Crippen LogP contribution >= 0.6 is 0 Å². The molecule has 0 rings (SSSR count). The highest BCUT2D eigenvalue weighted by molar-refractivity contribution is 5.76. The maximum absolute atomic E-state index is 12.4. The summed E-state index contributed by atoms with van der Waals surface area (Å²) in [4.78, 5) is 12.4. The number of allylic oxidation sites excluding steroid dienone is 3. The van der Waals surface area contributed by atoms with E-state index in [-0.39, 0.29) is 18.9 Å². The van der Waals surface area contributed by atoms with E-state index in [1.54, 1.807) is 6.08 Å². The Hall–Kier alpha value is -1.17. The number of rotatable bonds is 41. The highest BCUT2D eigenvalue weighted by atomic mass is 16.3. The predicted octanol–water partition coefficient (Wildman–Crippen LogP) is 13.0. The minimum Gasteiger partial charge on any atom is -0.394 e. The number of nitrogens with one attached hydrogen (secondary N) is 1. The molecule has 4 N–H and O–H groups in total. The molecule has 5 heteroatoms. The lowest BCUT2D eigenvalue weighted by Crippen LogP contribution is -2.45. The Morgan fingerprint density at radius 3 is 1.20 bits per heavy atom. The molecule has 0 aliphatic carbocycles. The molecule has 3 unspecified atom stereocenters. The summed E-state index contributed by atoms with van der Waals surface area (Å²) in [6, 6.07) is -0.747. The Balaban J connectivity index is 3.65. The van der Waals surface area contributed by atoms with Gasteiger partial charge in [-0.05, 0) is 44.9 Å². The van der Waals surface area contributed by atoms with E-state index in [9.17, 15) is 20.1 Å². The fourth-order valence-corrected chi connectivity index (χ4v) is 6.98. The van der Waals surface area contributed by atoms with Gasteiger partial charge >= 0.3 is 0 Å². The summed E-state index contributed by atoms with van der Waals surface area (Å²) in [7, 11) is 0. The molecule has 0 saturated heterocycles. The minimum atomic E-state index is -0.931. The molecule has 0 aromatic heterocycles. The van der Waals surface area contributed by atoms with E-state index in [4.69, 9.17) is 0 Å². The molecule has 0 aliphatic heterocycles. The quantitative estimate of drug-likeness (QED) is 0.0374. The van der Waals surface area contributed by atoms with Gasteiger partial charge in [0, 0.05) is 0 Å². The Kier molecular flexibility index (Phi) is 40.6. The number of aliphatic hydroxyl groups excluding tert-OH is 3. The zero-order chi connectivity index (χ0) is 37.3. The summed E-state index contributed by atoms with van der Waals surface area (Å²) in [5, 5.41) is 33.2. The minimum absolute atomic E-state index is 0.00465. The van der Waals surface area contributed by atoms with E-state index in [1.807, 2.05) is 6.08 Å². The van der Waals surface area contributed by atoms with Crippen molar-refractivity contribution in [1.29, 1.82) is 0 Å². The second-order valence-electron chi connectivity index (χ2n) is 15.7. The summed E-state index contributed by atoms with van der Waals surface area (Å²) in [6.45, 7) is 4.21. The van der Waals surface area contributed by atoms with Crippen molar-refractivity contribution >= 4 is 5.91 Å². The highest BCUT2D eigenvalue weighted by Gasteiger charge is 2.20. The van der Waals surface area contributed by atoms with Crippen LogP contribution in [0.5, 0.6) is 0 Å². The van der Waals surface area contributed by atoms with Gasteiger partial charge in [-0.3, -0.25) is 4.79 Å². The van der Waals surface area contributed by atoms with E-state index < -0.39 is 18.2 Å². The predicted molar refractivity (Wildman–Crippen MR) is 222 cm³/mol. The molecule has 0 radical (unpaired) electrons. The lowest BCUT2D eigenvalue weighted by molar-refractivity contribution is -0.124. The first kappa shape index (κ1) is 49.8. The van der Waals surface area contributed by atoms with Gasteiger partial charge in [-0.1, -0.05) is 212 Å². The molecule has 302 valence electrons. The van der Waals surface area contributed by atoms with Crippen LogP contribution in [-0.2, 0) is 4.79 Å². The van der Waals surface area contributed by atoms with Crippen LogP contribution in [0.2, 0.25) is 0 Å². The average molecular weight is 720 g/mol. The van der Waals surface area contributed by atoms with E-state index in [2.05, 4.69) is 31.3 Å². The van der Waals surface area contributed by atoms with Crippen molar-refractivity contribution in [2.24, 2.45) is 0 Å². The molecule has 3 atom stereocenters. The third-order valence-corrected chi connectivity index (χ3v) is 10.5. The van der Waals surface area contributed by atoms with Gasteiger partial charge in [0.15, 0.2) is 0 Å². The first-order valence-electron chi connectivity index (χ1n) is 22.6. The van der Waals surface area contributed by atoms with Crippen LogP contribution in [0.4, 0.5) is 0 Å². The maximum atomic E-state index is 12.4. The third kappa shape index (κ3) is 38.4. The second-order valence-corrected chi connectivity index (χ2v) is 15.7. The van der Waals surface area contributed by atoms with Crippen LogP contribution in [0.3, 0.4) is 0 Å². The average Bonchev–Trinajstić information content (AvgIpc) is 3.12. The topological polar surface area (TPSA) is 89.8 Å². The molecule has 0 aromatic rings. The van der Waals surface area contributed by atoms with E-state index in [1.165, 1.54) is 173 Å². The van der Waals surface area contributed by atoms with Crippen molar-refractivity contribution in [3.8, 4) is 0 Å². The van der Waals surface area contributed by atoms with Gasteiger partial charge in [-0.25, -0.2) is 0 Å². The van der Waals surface area contributed by atoms with Crippen molar-refractivity contribution in [3.63, 3.8) is 0 Å². The number of hydrogen-bond acceptors (Lipinski definition) is 4. The molecule has 0 fully saturated rings. The smallest absolute Gasteiger partial charge is 0.222 e. The van der Waals surface area contributed by atoms with Crippen LogP contribution in [0.25, 0.3) is 0 Å². The Morgan fingerprint density at radius 1 is 0.490 bits per heavy atom. The van der Waals surface area contributed by atoms with Crippen LogP contribution < -0.4 is 5.32 Å². The van der Waals surface area contributed by atoms with Gasteiger partial charge in [-0.2, -0.15) is 0 Å². The summed E-state index contributed by atoms with van der Waals surface area (Å²) in [6.07, 6.45) is 50.4. The second kappa shape index (κ2) is 41.6. The zero-order valence-electron chi connectivity index (χ0n) is 34.2. The molecule has 0 heterocycles. The van der Waals surface area contributed by atoms with Crippen molar-refractivity contribution < 1.29 is 20.1 Å². The van der Waals surface area contributed by atoms with Crippen molar-refractivity contribution in [2.75, 3.05) is 6.61 Å². The lowest BCUT2D eigenvalue weighted by atomic mass is 10.0. The maximum Gasteiger partial charge on any atom is 0.222 e. The summed E-state index contributed by atoms with van der Waals surface area (Å²) < 4.78 is 0. The third-order valence-electron chi connectivity index (χ3n) is 10.5. The number of hydrogen-bond donors (Lipinski definition) is 4. The Morgan fingerprint density at radius 2 is 0.824 bits per heavy atom. The van der Waals surface area contributed by atoms with E-state index >= 15 is 0 Å². The zero-order valence-corrected chi connectivity index (χ0v) is 34.2. The van der Waals surface area contributed by atoms with Gasteiger partial charge in [0.2, 0.25) is 5.91 Å². The molecule has 0 saturated carbocycles. The van der Waals surface area contributed by atoms with Crippen molar-refractivity contribution in [1.82, 2.24) is 5.32 Å². The number of unbranched alkanes of at least 4 members (excludes halogenated alkanes) is 30. The Labute approximate surface area is 318 Å². The number of carbonyl (C=O) groups excluding carboxylic acids is 1. The monoisotopic (exact) mass is 720 g/mol. The molecular formula is C46H89NO4.